The minimum Gasteiger partial charge on any atom is -0.493 e. The van der Waals surface area contributed by atoms with Crippen LogP contribution in [0.2, 0.25) is 10.0 Å². The minimum absolute atomic E-state index is 0.0907. The number of anilines is 1. The summed E-state index contributed by atoms with van der Waals surface area (Å²) in [5.41, 5.74) is 0.804. The van der Waals surface area contributed by atoms with Gasteiger partial charge in [-0.2, -0.15) is 8.78 Å². The zero-order valence-electron chi connectivity index (χ0n) is 15.1. The number of hydrogen-bond acceptors (Lipinski definition) is 5. The van der Waals surface area contributed by atoms with Gasteiger partial charge in [0, 0.05) is 17.3 Å². The van der Waals surface area contributed by atoms with E-state index in [0.717, 1.165) is 0 Å². The van der Waals surface area contributed by atoms with Crippen molar-refractivity contribution in [2.45, 2.75) is 13.5 Å². The molecule has 0 aliphatic rings. The van der Waals surface area contributed by atoms with Crippen LogP contribution in [0.4, 0.5) is 14.5 Å². The van der Waals surface area contributed by atoms with Gasteiger partial charge in [-0.25, -0.2) is 0 Å². The lowest BCUT2D eigenvalue weighted by Gasteiger charge is -2.12. The predicted octanol–water partition coefficient (Wildman–Crippen LogP) is 5.82. The summed E-state index contributed by atoms with van der Waals surface area (Å²) in [6, 6.07) is 8.94. The lowest BCUT2D eigenvalue weighted by molar-refractivity contribution is -0.0511. The molecule has 0 unspecified atom stereocenters. The van der Waals surface area contributed by atoms with E-state index in [1.807, 2.05) is 0 Å². The van der Waals surface area contributed by atoms with E-state index in [4.69, 9.17) is 32.5 Å². The maximum atomic E-state index is 12.9. The molecule has 0 saturated carbocycles. The van der Waals surface area contributed by atoms with Gasteiger partial charge < -0.3 is 19.3 Å². The van der Waals surface area contributed by atoms with E-state index in [0.29, 0.717) is 5.56 Å². The van der Waals surface area contributed by atoms with Gasteiger partial charge in [0.1, 0.15) is 17.0 Å². The third-order valence-corrected chi connectivity index (χ3v) is 4.56. The van der Waals surface area contributed by atoms with Crippen LogP contribution >= 0.6 is 23.2 Å². The van der Waals surface area contributed by atoms with E-state index in [1.165, 1.54) is 25.3 Å². The molecule has 0 radical (unpaired) electrons. The molecular weight excluding hydrogens is 429 g/mol. The molecule has 2 aromatic carbocycles. The van der Waals surface area contributed by atoms with Crippen molar-refractivity contribution in [1.82, 2.24) is 5.16 Å². The topological polar surface area (TPSA) is 73.6 Å². The molecule has 0 bridgehead atoms. The summed E-state index contributed by atoms with van der Waals surface area (Å²) in [6.07, 6.45) is 0. The highest BCUT2D eigenvalue weighted by atomic mass is 35.5. The van der Waals surface area contributed by atoms with Gasteiger partial charge in [0.2, 0.25) is 0 Å². The summed E-state index contributed by atoms with van der Waals surface area (Å²) in [6.45, 7) is -1.50. The van der Waals surface area contributed by atoms with Crippen LogP contribution in [0.3, 0.4) is 0 Å². The number of amides is 1. The number of halogens is 4. The Morgan fingerprint density at radius 1 is 1.17 bits per heavy atom. The number of benzene rings is 2. The normalized spacial score (nSPS) is 10.9. The Bertz CT molecular complexity index is 1040. The fourth-order valence-corrected chi connectivity index (χ4v) is 3.25. The number of nitrogens with one attached hydrogen (secondary N) is 1. The number of nitrogens with zero attached hydrogens (tertiary/aromatic N) is 1. The minimum atomic E-state index is -3.05. The third kappa shape index (κ3) is 4.44. The Hall–Kier alpha value is -2.84. The molecule has 0 aliphatic carbocycles. The number of alkyl halides is 2. The fourth-order valence-electron chi connectivity index (χ4n) is 2.67. The van der Waals surface area contributed by atoms with E-state index in [9.17, 15) is 13.6 Å². The summed E-state index contributed by atoms with van der Waals surface area (Å²) in [5.74, 6) is -0.501. The van der Waals surface area contributed by atoms with Gasteiger partial charge in [0.05, 0.1) is 17.2 Å². The lowest BCUT2D eigenvalue weighted by Crippen LogP contribution is -2.14. The molecule has 0 saturated heterocycles. The number of ether oxygens (including phenoxy) is 2. The van der Waals surface area contributed by atoms with Gasteiger partial charge in [-0.3, -0.25) is 4.79 Å². The first-order valence-electron chi connectivity index (χ1n) is 8.16. The second-order valence-electron chi connectivity index (χ2n) is 5.76. The molecule has 0 fully saturated rings. The molecule has 3 rings (SSSR count). The second kappa shape index (κ2) is 8.67. The molecule has 10 heteroatoms. The maximum Gasteiger partial charge on any atom is 0.387 e. The first-order chi connectivity index (χ1) is 13.8. The molecule has 3 aromatic rings. The lowest BCUT2D eigenvalue weighted by atomic mass is 10.1. The van der Waals surface area contributed by atoms with Crippen LogP contribution in [0, 0.1) is 6.92 Å². The summed E-state index contributed by atoms with van der Waals surface area (Å²) in [4.78, 5) is 12.9. The van der Waals surface area contributed by atoms with E-state index >= 15 is 0 Å². The molecule has 29 heavy (non-hydrogen) atoms. The molecule has 0 atom stereocenters. The van der Waals surface area contributed by atoms with Gasteiger partial charge in [-0.15, -0.1) is 0 Å². The molecule has 1 N–H and O–H groups in total. The monoisotopic (exact) mass is 442 g/mol. The summed E-state index contributed by atoms with van der Waals surface area (Å²) >= 11 is 12.4. The van der Waals surface area contributed by atoms with Crippen molar-refractivity contribution in [2.24, 2.45) is 0 Å². The number of carbonyl (C=O) groups excluding carboxylic acids is 1. The SMILES string of the molecule is COc1ccc(NC(=O)c2c(-c3c(Cl)cccc3Cl)noc2C)cc1OC(F)F. The number of aryl methyl sites for hydroxylation is 1. The number of aromatic nitrogens is 1. The van der Waals surface area contributed by atoms with Gasteiger partial charge >= 0.3 is 6.61 Å². The zero-order chi connectivity index (χ0) is 21.1. The highest BCUT2D eigenvalue weighted by Gasteiger charge is 2.25. The Balaban J connectivity index is 1.96. The van der Waals surface area contributed by atoms with Crippen molar-refractivity contribution in [3.05, 3.63) is 57.8 Å². The average molecular weight is 443 g/mol. The largest absolute Gasteiger partial charge is 0.493 e. The van der Waals surface area contributed by atoms with Crippen LogP contribution in [0.25, 0.3) is 11.3 Å². The van der Waals surface area contributed by atoms with Gasteiger partial charge in [0.15, 0.2) is 11.5 Å². The summed E-state index contributed by atoms with van der Waals surface area (Å²) in [7, 11) is 1.31. The predicted molar refractivity (Wildman–Crippen MR) is 104 cm³/mol. The second-order valence-corrected chi connectivity index (χ2v) is 6.57. The number of carbonyl (C=O) groups is 1. The third-order valence-electron chi connectivity index (χ3n) is 3.93. The first-order valence-corrected chi connectivity index (χ1v) is 8.92. The molecule has 1 aromatic heterocycles. The van der Waals surface area contributed by atoms with Crippen LogP contribution < -0.4 is 14.8 Å². The molecule has 0 spiro atoms. The smallest absolute Gasteiger partial charge is 0.387 e. The van der Waals surface area contributed by atoms with Crippen molar-refractivity contribution in [1.29, 1.82) is 0 Å². The fraction of sp³-hybridized carbons (Fsp3) is 0.158. The summed E-state index contributed by atoms with van der Waals surface area (Å²) < 4.78 is 39.8. The van der Waals surface area contributed by atoms with Crippen molar-refractivity contribution >= 4 is 34.8 Å². The molecule has 152 valence electrons. The molecular formula is C19H14Cl2F2N2O4. The first kappa shape index (κ1) is 20.9. The highest BCUT2D eigenvalue weighted by Crippen LogP contribution is 2.37. The van der Waals surface area contributed by atoms with Gasteiger partial charge in [0.25, 0.3) is 5.91 Å². The van der Waals surface area contributed by atoms with Crippen LogP contribution in [-0.2, 0) is 0 Å². The van der Waals surface area contributed by atoms with E-state index in [1.54, 1.807) is 25.1 Å². The van der Waals surface area contributed by atoms with E-state index in [-0.39, 0.29) is 44.2 Å². The Morgan fingerprint density at radius 3 is 2.48 bits per heavy atom. The Morgan fingerprint density at radius 2 is 1.86 bits per heavy atom. The maximum absolute atomic E-state index is 12.9. The molecule has 0 aliphatic heterocycles. The van der Waals surface area contributed by atoms with Crippen LogP contribution in [-0.4, -0.2) is 24.8 Å². The van der Waals surface area contributed by atoms with Gasteiger partial charge in [-0.1, -0.05) is 34.4 Å². The number of methoxy groups -OCH3 is 1. The standard InChI is InChI=1S/C19H14Cl2F2N2O4/c1-9-15(17(25-29-9)16-11(20)4-3-5-12(16)21)18(26)24-10-6-7-13(27-2)14(8-10)28-19(22)23/h3-8,19H,1-2H3,(H,24,26). The van der Waals surface area contributed by atoms with Crippen LogP contribution in [0.1, 0.15) is 16.1 Å². The zero-order valence-corrected chi connectivity index (χ0v) is 16.6. The Labute approximate surface area is 174 Å². The van der Waals surface area contributed by atoms with Gasteiger partial charge in [-0.05, 0) is 31.2 Å². The molecule has 1 heterocycles. The molecule has 6 nitrogen and oxygen atoms in total. The average Bonchev–Trinajstić information content (AvgIpc) is 3.02. The number of hydrogen-bond donors (Lipinski definition) is 1. The van der Waals surface area contributed by atoms with E-state index < -0.39 is 12.5 Å². The van der Waals surface area contributed by atoms with Crippen LogP contribution in [0.5, 0.6) is 11.5 Å². The quantitative estimate of drug-likeness (QED) is 0.520. The Kier molecular flexibility index (Phi) is 6.24. The van der Waals surface area contributed by atoms with Crippen molar-refractivity contribution in [2.75, 3.05) is 12.4 Å². The van der Waals surface area contributed by atoms with Crippen molar-refractivity contribution in [3.63, 3.8) is 0 Å². The number of rotatable bonds is 6. The van der Waals surface area contributed by atoms with Crippen molar-refractivity contribution in [3.8, 4) is 22.8 Å². The van der Waals surface area contributed by atoms with Crippen LogP contribution in [0.15, 0.2) is 40.9 Å². The molecule has 1 amide bonds. The van der Waals surface area contributed by atoms with Crippen molar-refractivity contribution < 1.29 is 27.6 Å². The highest BCUT2D eigenvalue weighted by molar-refractivity contribution is 6.39. The summed E-state index contributed by atoms with van der Waals surface area (Å²) in [5, 5.41) is 7.08. The van der Waals surface area contributed by atoms with E-state index in [2.05, 4.69) is 15.2 Å².